The van der Waals surface area contributed by atoms with E-state index in [1.54, 1.807) is 0 Å². The molecule has 1 heteroatoms. The van der Waals surface area contributed by atoms with Gasteiger partial charge in [-0.1, -0.05) is 68.0 Å². The Hall–Kier alpha value is -1.86. The first-order chi connectivity index (χ1) is 11.1. The predicted octanol–water partition coefficient (Wildman–Crippen LogP) is 5.24. The van der Waals surface area contributed by atoms with Gasteiger partial charge in [-0.3, -0.25) is 0 Å². The molecule has 3 rings (SSSR count). The van der Waals surface area contributed by atoms with Crippen molar-refractivity contribution in [1.29, 1.82) is 0 Å². The van der Waals surface area contributed by atoms with Gasteiger partial charge in [0.05, 0.1) is 0 Å². The highest BCUT2D eigenvalue weighted by Gasteiger charge is 2.04. The minimum absolute atomic E-state index is 0.595. The number of hydrogen-bond acceptors (Lipinski definition) is 1. The van der Waals surface area contributed by atoms with Crippen molar-refractivity contribution in [3.05, 3.63) is 69.4 Å². The molecule has 0 nitrogen and oxygen atoms in total. The molecule has 118 valence electrons. The molecule has 0 bridgehead atoms. The second kappa shape index (κ2) is 6.72. The lowest BCUT2D eigenvalue weighted by Crippen LogP contribution is -2.21. The Labute approximate surface area is 142 Å². The molecule has 3 aromatic rings. The lowest BCUT2D eigenvalue weighted by atomic mass is 9.99. The molecule has 23 heavy (non-hydrogen) atoms. The molecule has 1 aromatic heterocycles. The van der Waals surface area contributed by atoms with Crippen LogP contribution in [-0.4, -0.2) is 0 Å². The van der Waals surface area contributed by atoms with Gasteiger partial charge in [0.15, 0.2) is 0 Å². The molecule has 0 atom stereocenters. The van der Waals surface area contributed by atoms with Crippen molar-refractivity contribution in [2.75, 3.05) is 0 Å². The third-order valence-electron chi connectivity index (χ3n) is 4.43. The second-order valence-electron chi connectivity index (χ2n) is 6.48. The second-order valence-corrected chi connectivity index (χ2v) is 7.54. The molecule has 0 aliphatic carbocycles. The van der Waals surface area contributed by atoms with Crippen LogP contribution in [0.2, 0.25) is 0 Å². The average Bonchev–Trinajstić information content (AvgIpc) is 2.94. The summed E-state index contributed by atoms with van der Waals surface area (Å²) < 4.78 is 2.81. The number of rotatable bonds is 3. The van der Waals surface area contributed by atoms with Gasteiger partial charge in [-0.25, -0.2) is 0 Å². The maximum Gasteiger partial charge on any atom is 0.0355 e. The summed E-state index contributed by atoms with van der Waals surface area (Å²) in [5.74, 6) is 0.595. The van der Waals surface area contributed by atoms with Crippen LogP contribution in [0.1, 0.15) is 44.7 Å². The summed E-state index contributed by atoms with van der Waals surface area (Å²) in [7, 11) is 0. The Kier molecular flexibility index (Phi) is 4.68. The summed E-state index contributed by atoms with van der Waals surface area (Å²) in [6, 6.07) is 17.8. The summed E-state index contributed by atoms with van der Waals surface area (Å²) in [6.45, 7) is 8.90. The number of thiophene rings is 1. The van der Waals surface area contributed by atoms with Gasteiger partial charge in [0.1, 0.15) is 0 Å². The van der Waals surface area contributed by atoms with E-state index in [1.807, 2.05) is 11.3 Å². The highest BCUT2D eigenvalue weighted by Crippen LogP contribution is 2.17. The monoisotopic (exact) mass is 320 g/mol. The molecule has 0 fully saturated rings. The summed E-state index contributed by atoms with van der Waals surface area (Å²) in [5.41, 5.74) is 4.26. The Morgan fingerprint density at radius 2 is 1.74 bits per heavy atom. The van der Waals surface area contributed by atoms with Crippen molar-refractivity contribution in [3.8, 4) is 0 Å². The van der Waals surface area contributed by atoms with Gasteiger partial charge in [-0.2, -0.15) is 0 Å². The van der Waals surface area contributed by atoms with E-state index < -0.39 is 0 Å². The van der Waals surface area contributed by atoms with E-state index in [4.69, 9.17) is 0 Å². The fourth-order valence-corrected chi connectivity index (χ4v) is 4.31. The van der Waals surface area contributed by atoms with Gasteiger partial charge in [-0.15, -0.1) is 11.3 Å². The SMILES string of the molecule is C/C=c1\c(=C(/C)Cc2ccc(C(C)C)cc2)sc2ccccc12. The first kappa shape index (κ1) is 16.0. The minimum atomic E-state index is 0.595. The maximum absolute atomic E-state index is 2.28. The van der Waals surface area contributed by atoms with Crippen LogP contribution in [0.5, 0.6) is 0 Å². The van der Waals surface area contributed by atoms with Crippen LogP contribution >= 0.6 is 11.3 Å². The van der Waals surface area contributed by atoms with Crippen LogP contribution in [0, 0.1) is 0 Å². The zero-order valence-electron chi connectivity index (χ0n) is 14.4. The minimum Gasteiger partial charge on any atom is -0.135 e. The zero-order chi connectivity index (χ0) is 16.4. The molecule has 0 N–H and O–H groups in total. The first-order valence-corrected chi connectivity index (χ1v) is 9.14. The van der Waals surface area contributed by atoms with Crippen LogP contribution < -0.4 is 9.75 Å². The van der Waals surface area contributed by atoms with Gasteiger partial charge >= 0.3 is 0 Å². The largest absolute Gasteiger partial charge is 0.135 e. The summed E-state index contributed by atoms with van der Waals surface area (Å²) >= 11 is 1.92. The molecule has 0 saturated carbocycles. The third kappa shape index (κ3) is 3.25. The van der Waals surface area contributed by atoms with Crippen molar-refractivity contribution in [1.82, 2.24) is 0 Å². The topological polar surface area (TPSA) is 0 Å². The Morgan fingerprint density at radius 1 is 1.04 bits per heavy atom. The zero-order valence-corrected chi connectivity index (χ0v) is 15.2. The van der Waals surface area contributed by atoms with E-state index >= 15 is 0 Å². The van der Waals surface area contributed by atoms with E-state index in [1.165, 1.54) is 36.5 Å². The van der Waals surface area contributed by atoms with Crippen molar-refractivity contribution in [2.45, 2.75) is 40.0 Å². The highest BCUT2D eigenvalue weighted by atomic mass is 32.1. The lowest BCUT2D eigenvalue weighted by molar-refractivity contribution is 0.865. The van der Waals surface area contributed by atoms with Crippen LogP contribution in [0.25, 0.3) is 21.7 Å². The number of benzene rings is 2. The summed E-state index contributed by atoms with van der Waals surface area (Å²) in [6.07, 6.45) is 3.27. The van der Waals surface area contributed by atoms with Gasteiger partial charge in [0.25, 0.3) is 0 Å². The molecule has 0 saturated heterocycles. The smallest absolute Gasteiger partial charge is 0.0355 e. The molecule has 0 amide bonds. The van der Waals surface area contributed by atoms with Crippen molar-refractivity contribution < 1.29 is 0 Å². The molecule has 0 aliphatic rings. The lowest BCUT2D eigenvalue weighted by Gasteiger charge is -2.07. The van der Waals surface area contributed by atoms with E-state index in [9.17, 15) is 0 Å². The maximum atomic E-state index is 2.28. The fourth-order valence-electron chi connectivity index (χ4n) is 3.08. The van der Waals surface area contributed by atoms with Crippen molar-refractivity contribution in [3.63, 3.8) is 0 Å². The van der Waals surface area contributed by atoms with E-state index in [-0.39, 0.29) is 0 Å². The van der Waals surface area contributed by atoms with Crippen molar-refractivity contribution in [2.24, 2.45) is 0 Å². The number of hydrogen-bond donors (Lipinski definition) is 0. The molecule has 0 unspecified atom stereocenters. The molecule has 0 spiro atoms. The standard InChI is InChI=1S/C22H24S/c1-5-19-20-8-6-7-9-21(20)23-22(19)16(4)14-17-10-12-18(13-11-17)15(2)3/h5-13,15H,14H2,1-4H3/b19-5-,22-16-. The summed E-state index contributed by atoms with van der Waals surface area (Å²) in [5, 5.41) is 2.77. The highest BCUT2D eigenvalue weighted by molar-refractivity contribution is 7.17. The third-order valence-corrected chi connectivity index (χ3v) is 5.77. The Bertz CT molecular complexity index is 924. The molecular formula is C22H24S. The Balaban J connectivity index is 2.05. The quantitative estimate of drug-likeness (QED) is 0.619. The van der Waals surface area contributed by atoms with Crippen LogP contribution in [0.3, 0.4) is 0 Å². The van der Waals surface area contributed by atoms with E-state index in [0.717, 1.165) is 6.42 Å². The van der Waals surface area contributed by atoms with Crippen LogP contribution in [0.15, 0.2) is 48.5 Å². The number of fused-ring (bicyclic) bond motifs is 1. The molecule has 1 heterocycles. The first-order valence-electron chi connectivity index (χ1n) is 8.32. The molecular weight excluding hydrogens is 296 g/mol. The predicted molar refractivity (Wildman–Crippen MR) is 105 cm³/mol. The average molecular weight is 321 g/mol. The van der Waals surface area contributed by atoms with Gasteiger partial charge in [0.2, 0.25) is 0 Å². The molecule has 0 radical (unpaired) electrons. The van der Waals surface area contributed by atoms with Gasteiger partial charge < -0.3 is 0 Å². The van der Waals surface area contributed by atoms with Crippen molar-refractivity contribution >= 4 is 33.1 Å². The van der Waals surface area contributed by atoms with Gasteiger partial charge in [-0.05, 0) is 54.0 Å². The van der Waals surface area contributed by atoms with Crippen LogP contribution in [-0.2, 0) is 6.42 Å². The van der Waals surface area contributed by atoms with E-state index in [0.29, 0.717) is 5.92 Å². The Morgan fingerprint density at radius 3 is 2.39 bits per heavy atom. The van der Waals surface area contributed by atoms with Gasteiger partial charge in [0, 0.05) is 9.23 Å². The normalized spacial score (nSPS) is 13.9. The summed E-state index contributed by atoms with van der Waals surface area (Å²) in [4.78, 5) is 0. The van der Waals surface area contributed by atoms with E-state index in [2.05, 4.69) is 82.3 Å². The fraction of sp³-hybridized carbons (Fsp3) is 0.273. The van der Waals surface area contributed by atoms with Crippen LogP contribution in [0.4, 0.5) is 0 Å². The molecule has 2 aromatic carbocycles. The molecule has 0 aliphatic heterocycles.